The highest BCUT2D eigenvalue weighted by Crippen LogP contribution is 2.21. The number of carbonyl (C=O) groups is 1. The number of hydrogen-bond acceptors (Lipinski definition) is 3. The quantitative estimate of drug-likeness (QED) is 0.354. The fourth-order valence-electron chi connectivity index (χ4n) is 1.22. The molecule has 0 aliphatic heterocycles. The Kier molecular flexibility index (Phi) is 5.78. The van der Waals surface area contributed by atoms with Crippen LogP contribution in [0, 0.1) is 0 Å². The maximum atomic E-state index is 10.9. The van der Waals surface area contributed by atoms with E-state index in [0.29, 0.717) is 5.02 Å². The van der Waals surface area contributed by atoms with Crippen molar-refractivity contribution in [3.63, 3.8) is 0 Å². The van der Waals surface area contributed by atoms with Crippen LogP contribution in [0.2, 0.25) is 5.02 Å². The van der Waals surface area contributed by atoms with Crippen LogP contribution < -0.4 is 0 Å². The summed E-state index contributed by atoms with van der Waals surface area (Å²) in [6.45, 7) is 3.50. The van der Waals surface area contributed by atoms with E-state index >= 15 is 0 Å². The summed E-state index contributed by atoms with van der Waals surface area (Å²) in [6, 6.07) is 7.17. The fraction of sp³-hybridized carbons (Fsp3) is 0.143. The standard InChI is InChI=1S/C14H13ClO3/c1-3-4-13(18-10-9-14(16)17-2)11-5-7-12(15)8-6-11/h4-10,13H,1H2,2H3/b10-9+. The fourth-order valence-corrected chi connectivity index (χ4v) is 1.35. The summed E-state index contributed by atoms with van der Waals surface area (Å²) in [5, 5.41) is 0.644. The Morgan fingerprint density at radius 1 is 1.44 bits per heavy atom. The molecule has 0 heterocycles. The van der Waals surface area contributed by atoms with E-state index in [4.69, 9.17) is 16.3 Å². The highest BCUT2D eigenvalue weighted by Gasteiger charge is 2.07. The van der Waals surface area contributed by atoms with Gasteiger partial charge in [0.2, 0.25) is 0 Å². The summed E-state index contributed by atoms with van der Waals surface area (Å²) in [5.41, 5.74) is 3.53. The Morgan fingerprint density at radius 2 is 2.11 bits per heavy atom. The second kappa shape index (κ2) is 7.38. The van der Waals surface area contributed by atoms with Gasteiger partial charge in [-0.3, -0.25) is 0 Å². The van der Waals surface area contributed by atoms with E-state index in [-0.39, 0.29) is 6.10 Å². The summed E-state index contributed by atoms with van der Waals surface area (Å²) in [6.07, 6.45) is 3.74. The third-order valence-electron chi connectivity index (χ3n) is 2.10. The van der Waals surface area contributed by atoms with Crippen LogP contribution in [-0.2, 0) is 14.3 Å². The highest BCUT2D eigenvalue weighted by atomic mass is 35.5. The molecule has 18 heavy (non-hydrogen) atoms. The lowest BCUT2D eigenvalue weighted by Gasteiger charge is -2.12. The lowest BCUT2D eigenvalue weighted by molar-refractivity contribution is -0.135. The molecular weight excluding hydrogens is 252 g/mol. The Bertz CT molecular complexity index is 470. The van der Waals surface area contributed by atoms with Crippen molar-refractivity contribution in [3.8, 4) is 0 Å². The van der Waals surface area contributed by atoms with E-state index in [1.165, 1.54) is 19.4 Å². The number of methoxy groups -OCH3 is 1. The first-order chi connectivity index (χ1) is 8.67. The van der Waals surface area contributed by atoms with E-state index < -0.39 is 5.97 Å². The first-order valence-electron chi connectivity index (χ1n) is 5.18. The van der Waals surface area contributed by atoms with Crippen molar-refractivity contribution < 1.29 is 14.3 Å². The van der Waals surface area contributed by atoms with Crippen molar-refractivity contribution in [1.82, 2.24) is 0 Å². The molecule has 0 fully saturated rings. The number of rotatable bonds is 5. The molecule has 0 amide bonds. The summed E-state index contributed by atoms with van der Waals surface area (Å²) in [7, 11) is 1.30. The Labute approximate surface area is 111 Å². The maximum Gasteiger partial charge on any atom is 0.333 e. The van der Waals surface area contributed by atoms with Crippen molar-refractivity contribution in [1.29, 1.82) is 0 Å². The van der Waals surface area contributed by atoms with E-state index in [1.807, 2.05) is 12.1 Å². The highest BCUT2D eigenvalue weighted by molar-refractivity contribution is 6.30. The molecule has 0 spiro atoms. The number of esters is 1. The molecule has 0 aliphatic rings. The van der Waals surface area contributed by atoms with Gasteiger partial charge in [-0.2, -0.15) is 0 Å². The van der Waals surface area contributed by atoms with Gasteiger partial charge in [0.25, 0.3) is 0 Å². The zero-order valence-electron chi connectivity index (χ0n) is 9.93. The minimum Gasteiger partial charge on any atom is -0.488 e. The van der Waals surface area contributed by atoms with Crippen LogP contribution in [0.5, 0.6) is 0 Å². The molecule has 0 radical (unpaired) electrons. The van der Waals surface area contributed by atoms with Gasteiger partial charge in [-0.05, 0) is 17.7 Å². The Hall–Kier alpha value is -1.96. The van der Waals surface area contributed by atoms with Crippen LogP contribution in [0.25, 0.3) is 0 Å². The molecule has 1 aromatic rings. The van der Waals surface area contributed by atoms with Gasteiger partial charge < -0.3 is 9.47 Å². The number of benzene rings is 1. The van der Waals surface area contributed by atoms with E-state index in [0.717, 1.165) is 5.56 Å². The largest absolute Gasteiger partial charge is 0.488 e. The number of hydrogen-bond donors (Lipinski definition) is 0. The third kappa shape index (κ3) is 4.50. The van der Waals surface area contributed by atoms with E-state index in [2.05, 4.69) is 17.0 Å². The lowest BCUT2D eigenvalue weighted by atomic mass is 10.1. The number of halogens is 1. The maximum absolute atomic E-state index is 10.9. The van der Waals surface area contributed by atoms with Crippen LogP contribution in [0.1, 0.15) is 11.7 Å². The third-order valence-corrected chi connectivity index (χ3v) is 2.35. The number of ether oxygens (including phenoxy) is 2. The summed E-state index contributed by atoms with van der Waals surface area (Å²) in [5.74, 6) is -0.479. The summed E-state index contributed by atoms with van der Waals surface area (Å²) in [4.78, 5) is 10.9. The molecule has 3 nitrogen and oxygen atoms in total. The molecule has 4 heteroatoms. The smallest absolute Gasteiger partial charge is 0.333 e. The van der Waals surface area contributed by atoms with Crippen molar-refractivity contribution in [3.05, 3.63) is 65.6 Å². The Balaban J connectivity index is 2.77. The Morgan fingerprint density at radius 3 is 2.67 bits per heavy atom. The predicted octanol–water partition coefficient (Wildman–Crippen LogP) is 3.43. The van der Waals surface area contributed by atoms with Crippen molar-refractivity contribution in [2.24, 2.45) is 0 Å². The van der Waals surface area contributed by atoms with Crippen LogP contribution in [0.4, 0.5) is 0 Å². The van der Waals surface area contributed by atoms with E-state index in [1.54, 1.807) is 18.2 Å². The van der Waals surface area contributed by atoms with Gasteiger partial charge in [-0.1, -0.05) is 30.3 Å². The first-order valence-corrected chi connectivity index (χ1v) is 5.56. The molecule has 0 aromatic heterocycles. The minimum atomic E-state index is -0.479. The van der Waals surface area contributed by atoms with Gasteiger partial charge in [-0.15, -0.1) is 5.73 Å². The van der Waals surface area contributed by atoms with Crippen molar-refractivity contribution >= 4 is 17.6 Å². The molecule has 0 N–H and O–H groups in total. The predicted molar refractivity (Wildman–Crippen MR) is 70.1 cm³/mol. The van der Waals surface area contributed by atoms with Gasteiger partial charge >= 0.3 is 5.97 Å². The topological polar surface area (TPSA) is 35.5 Å². The lowest BCUT2D eigenvalue weighted by Crippen LogP contribution is -1.98. The molecule has 1 unspecified atom stereocenters. The normalized spacial score (nSPS) is 11.7. The molecule has 94 valence electrons. The molecular formula is C14H13ClO3. The second-order valence-corrected chi connectivity index (χ2v) is 3.74. The van der Waals surface area contributed by atoms with Crippen LogP contribution in [0.3, 0.4) is 0 Å². The van der Waals surface area contributed by atoms with Crippen LogP contribution in [-0.4, -0.2) is 13.1 Å². The average Bonchev–Trinajstić information content (AvgIpc) is 2.38. The SMILES string of the molecule is C=C=CC(O/C=C/C(=O)OC)c1ccc(Cl)cc1. The zero-order valence-corrected chi connectivity index (χ0v) is 10.7. The second-order valence-electron chi connectivity index (χ2n) is 3.30. The molecule has 1 rings (SSSR count). The molecule has 0 saturated carbocycles. The van der Waals surface area contributed by atoms with E-state index in [9.17, 15) is 4.79 Å². The molecule has 0 aliphatic carbocycles. The van der Waals surface area contributed by atoms with Gasteiger partial charge in [0, 0.05) is 11.1 Å². The molecule has 0 bridgehead atoms. The van der Waals surface area contributed by atoms with Crippen LogP contribution in [0.15, 0.2) is 55.0 Å². The van der Waals surface area contributed by atoms with Gasteiger partial charge in [0.15, 0.2) is 0 Å². The van der Waals surface area contributed by atoms with Gasteiger partial charge in [0.1, 0.15) is 6.10 Å². The van der Waals surface area contributed by atoms with Crippen LogP contribution >= 0.6 is 11.6 Å². The van der Waals surface area contributed by atoms with Crippen molar-refractivity contribution in [2.45, 2.75) is 6.10 Å². The average molecular weight is 265 g/mol. The summed E-state index contributed by atoms with van der Waals surface area (Å²) >= 11 is 5.80. The van der Waals surface area contributed by atoms with Gasteiger partial charge in [-0.25, -0.2) is 4.79 Å². The molecule has 1 atom stereocenters. The zero-order chi connectivity index (χ0) is 13.4. The number of carbonyl (C=O) groups excluding carboxylic acids is 1. The monoisotopic (exact) mass is 264 g/mol. The van der Waals surface area contributed by atoms with Crippen molar-refractivity contribution in [2.75, 3.05) is 7.11 Å². The molecule has 1 aromatic carbocycles. The first kappa shape index (κ1) is 14.1. The van der Waals surface area contributed by atoms with Gasteiger partial charge in [0.05, 0.1) is 19.4 Å². The molecule has 0 saturated heterocycles. The minimum absolute atomic E-state index is 0.374. The summed E-state index contributed by atoms with van der Waals surface area (Å²) < 4.78 is 9.85.